The number of carboxylic acid groups (broad SMARTS) is 1. The summed E-state index contributed by atoms with van der Waals surface area (Å²) in [5.41, 5.74) is 0. The summed E-state index contributed by atoms with van der Waals surface area (Å²) < 4.78 is 0. The Hall–Kier alpha value is 0.900. The molecule has 0 spiro atoms. The zero-order valence-electron chi connectivity index (χ0n) is 6.16. The van der Waals surface area contributed by atoms with Gasteiger partial charge in [0.05, 0.1) is 19.3 Å². The summed E-state index contributed by atoms with van der Waals surface area (Å²) in [5.74, 6) is -0.750. The van der Waals surface area contributed by atoms with Crippen molar-refractivity contribution in [1.82, 2.24) is 4.90 Å². The van der Waals surface area contributed by atoms with E-state index >= 15 is 0 Å². The molecule has 7 heteroatoms. The van der Waals surface area contributed by atoms with Gasteiger partial charge in [-0.05, 0) is 0 Å². The fourth-order valence-corrected chi connectivity index (χ4v) is 0.826. The molecule has 68 valence electrons. The summed E-state index contributed by atoms with van der Waals surface area (Å²) in [6.45, 7) is 2.26. The molecule has 1 heterocycles. The second-order valence-corrected chi connectivity index (χ2v) is 2.20. The van der Waals surface area contributed by atoms with E-state index in [0.29, 0.717) is 6.54 Å². The van der Waals surface area contributed by atoms with Crippen LogP contribution in [0.3, 0.4) is 0 Å². The Balaban J connectivity index is -0.000000333. The predicted molar refractivity (Wildman–Crippen MR) is 55.1 cm³/mol. The normalized spacial score (nSPS) is 12.5. The van der Waals surface area contributed by atoms with Crippen LogP contribution in [0.15, 0.2) is 4.99 Å². The maximum atomic E-state index is 10.1. The number of carbonyl (C=O) groups is 1. The van der Waals surface area contributed by atoms with Crippen LogP contribution < -0.4 is 0 Å². The summed E-state index contributed by atoms with van der Waals surface area (Å²) in [7, 11) is 0. The van der Waals surface area contributed by atoms with E-state index in [-0.39, 0.29) is 71.0 Å². The van der Waals surface area contributed by atoms with Crippen LogP contribution in [0.4, 0.5) is 0 Å². The van der Waals surface area contributed by atoms with Crippen LogP contribution in [0, 0.1) is 0 Å². The Kier molecular flexibility index (Phi) is 16.4. The first-order valence-electron chi connectivity index (χ1n) is 3.25. The minimum absolute atomic E-state index is 0. The number of carboxylic acids is 1. The first kappa shape index (κ1) is 19.5. The Morgan fingerprint density at radius 1 is 1.54 bits per heavy atom. The summed E-state index contributed by atoms with van der Waals surface area (Å²) >= 11 is 0. The number of rotatable bonds is 3. The van der Waals surface area contributed by atoms with Gasteiger partial charge in [-0.25, -0.2) is 0 Å². The van der Waals surface area contributed by atoms with Gasteiger partial charge in [0.15, 0.2) is 0 Å². The quantitative estimate of drug-likeness (QED) is 0.528. The Morgan fingerprint density at radius 2 is 2.15 bits per heavy atom. The third-order valence-corrected chi connectivity index (χ3v) is 1.37. The van der Waals surface area contributed by atoms with Crippen LogP contribution in [0.5, 0.6) is 0 Å². The predicted octanol–water partition coefficient (Wildman–Crippen LogP) is -2.32. The molecule has 0 amide bonds. The second-order valence-electron chi connectivity index (χ2n) is 2.20. The van der Waals surface area contributed by atoms with E-state index in [1.165, 1.54) is 0 Å². The fraction of sp³-hybridized carbons (Fsp3) is 0.667. The molecule has 0 aliphatic carbocycles. The van der Waals surface area contributed by atoms with Crippen molar-refractivity contribution in [2.45, 2.75) is 6.42 Å². The molecular weight excluding hydrogens is 194 g/mol. The van der Waals surface area contributed by atoms with Gasteiger partial charge in [0.1, 0.15) is 0 Å². The molecule has 0 radical (unpaired) electrons. The third-order valence-electron chi connectivity index (χ3n) is 1.37. The van der Waals surface area contributed by atoms with Crippen molar-refractivity contribution in [1.29, 1.82) is 0 Å². The molecule has 0 saturated heterocycles. The van der Waals surface area contributed by atoms with Crippen molar-refractivity contribution in [3.63, 3.8) is 0 Å². The van der Waals surface area contributed by atoms with Gasteiger partial charge >= 0.3 is 65.1 Å². The molecule has 1 aliphatic rings. The molecule has 0 unspecified atom stereocenters. The van der Waals surface area contributed by atoms with E-state index in [1.54, 1.807) is 6.34 Å². The van der Waals surface area contributed by atoms with Crippen LogP contribution >= 0.6 is 0 Å². The molecule has 1 rings (SSSR count). The van der Waals surface area contributed by atoms with Crippen molar-refractivity contribution < 1.29 is 15.4 Å². The van der Waals surface area contributed by atoms with Crippen LogP contribution in [0.1, 0.15) is 6.42 Å². The summed E-state index contributed by atoms with van der Waals surface area (Å²) in [6.07, 6.45) is 1.91. The number of hydrogen-bond donors (Lipinski definition) is 1. The second kappa shape index (κ2) is 11.0. The Morgan fingerprint density at radius 3 is 2.54 bits per heavy atom. The molecule has 1 aliphatic heterocycles. The molecule has 0 bridgehead atoms. The summed E-state index contributed by atoms with van der Waals surface area (Å²) in [4.78, 5) is 15.9. The number of hydrogen-bond acceptors (Lipinski definition) is 3. The van der Waals surface area contributed by atoms with Crippen LogP contribution in [-0.4, -0.2) is 107 Å². The van der Waals surface area contributed by atoms with E-state index in [2.05, 4.69) is 4.99 Å². The zero-order chi connectivity index (χ0) is 7.40. The molecule has 5 nitrogen and oxygen atoms in total. The van der Waals surface area contributed by atoms with Crippen molar-refractivity contribution in [2.24, 2.45) is 4.99 Å². The molecule has 13 heavy (non-hydrogen) atoms. The molecule has 0 saturated carbocycles. The van der Waals surface area contributed by atoms with Gasteiger partial charge in [0.25, 0.3) is 0 Å². The van der Waals surface area contributed by atoms with Crippen LogP contribution in [0.25, 0.3) is 0 Å². The van der Waals surface area contributed by atoms with Crippen molar-refractivity contribution in [2.75, 3.05) is 19.6 Å². The van der Waals surface area contributed by atoms with Crippen molar-refractivity contribution in [3.8, 4) is 0 Å². The summed E-state index contributed by atoms with van der Waals surface area (Å²) in [5, 5.41) is 8.30. The minimum atomic E-state index is -0.750. The fourth-order valence-electron chi connectivity index (χ4n) is 0.826. The first-order chi connectivity index (χ1) is 4.79. The van der Waals surface area contributed by atoms with E-state index < -0.39 is 5.97 Å². The molecule has 0 fully saturated rings. The SMILES string of the molecule is O.O=C(O)CCN1C=NCC1.[NaH].[NaH]. The standard InChI is InChI=1S/C6H10N2O2.2Na.H2O.2H/c9-6(10)1-3-8-4-2-7-5-8;;;;;/h5H,1-4H2,(H,9,10);;;1H2;;. The third kappa shape index (κ3) is 9.21. The topological polar surface area (TPSA) is 84.4 Å². The Labute approximate surface area is 121 Å². The van der Waals surface area contributed by atoms with Gasteiger partial charge in [0, 0.05) is 13.1 Å². The molecule has 0 aromatic rings. The average molecular weight is 208 g/mol. The van der Waals surface area contributed by atoms with Gasteiger partial charge in [-0.2, -0.15) is 0 Å². The molecular formula is C6H14N2Na2O3. The van der Waals surface area contributed by atoms with Gasteiger partial charge in [-0.15, -0.1) is 0 Å². The van der Waals surface area contributed by atoms with Crippen LogP contribution in [-0.2, 0) is 4.79 Å². The number of nitrogens with zero attached hydrogens (tertiary/aromatic N) is 2. The van der Waals surface area contributed by atoms with Gasteiger partial charge in [-0.1, -0.05) is 0 Å². The van der Waals surface area contributed by atoms with Crippen molar-refractivity contribution in [3.05, 3.63) is 0 Å². The van der Waals surface area contributed by atoms with E-state index in [9.17, 15) is 4.79 Å². The molecule has 0 aromatic heterocycles. The molecule has 0 aromatic carbocycles. The number of aliphatic imine (C=N–C) groups is 1. The van der Waals surface area contributed by atoms with Gasteiger partial charge < -0.3 is 15.5 Å². The number of aliphatic carboxylic acids is 1. The van der Waals surface area contributed by atoms with E-state index in [4.69, 9.17) is 5.11 Å². The molecule has 3 N–H and O–H groups in total. The van der Waals surface area contributed by atoms with E-state index in [0.717, 1.165) is 13.1 Å². The maximum absolute atomic E-state index is 10.1. The van der Waals surface area contributed by atoms with E-state index in [1.807, 2.05) is 4.90 Å². The monoisotopic (exact) mass is 208 g/mol. The molecule has 0 atom stereocenters. The van der Waals surface area contributed by atoms with Crippen molar-refractivity contribution >= 4 is 71.4 Å². The summed E-state index contributed by atoms with van der Waals surface area (Å²) in [6, 6.07) is 0. The van der Waals surface area contributed by atoms with Crippen LogP contribution in [0.2, 0.25) is 0 Å². The average Bonchev–Trinajstić information content (AvgIpc) is 2.34. The van der Waals surface area contributed by atoms with Gasteiger partial charge in [0.2, 0.25) is 0 Å². The van der Waals surface area contributed by atoms with Gasteiger partial charge in [-0.3, -0.25) is 9.79 Å². The first-order valence-corrected chi connectivity index (χ1v) is 3.25. The Bertz CT molecular complexity index is 166. The zero-order valence-corrected chi connectivity index (χ0v) is 6.16.